The molecule has 0 radical (unpaired) electrons. The molecule has 4 aromatic rings. The highest BCUT2D eigenvalue weighted by molar-refractivity contribution is 6.04. The normalized spacial score (nSPS) is 10.7. The Labute approximate surface area is 169 Å². The van der Waals surface area contributed by atoms with E-state index in [-0.39, 0.29) is 18.2 Å². The number of hydrogen-bond acceptors (Lipinski definition) is 3. The number of aromatic nitrogens is 2. The quantitative estimate of drug-likeness (QED) is 0.529. The van der Waals surface area contributed by atoms with Gasteiger partial charge in [-0.1, -0.05) is 24.3 Å². The lowest BCUT2D eigenvalue weighted by Crippen LogP contribution is -2.30. The number of fused-ring (bicyclic) bond motifs is 1. The van der Waals surface area contributed by atoms with Crippen molar-refractivity contribution in [2.45, 2.75) is 6.54 Å². The molecule has 0 atom stereocenters. The van der Waals surface area contributed by atoms with Gasteiger partial charge >= 0.3 is 11.7 Å². The Hall–Kier alpha value is -4.07. The second-order valence-electron chi connectivity index (χ2n) is 6.56. The van der Waals surface area contributed by atoms with E-state index in [0.29, 0.717) is 22.2 Å². The van der Waals surface area contributed by atoms with E-state index < -0.39 is 17.5 Å². The van der Waals surface area contributed by atoms with Crippen molar-refractivity contribution in [1.82, 2.24) is 9.55 Å². The van der Waals surface area contributed by atoms with Crippen molar-refractivity contribution in [3.63, 3.8) is 0 Å². The summed E-state index contributed by atoms with van der Waals surface area (Å²) in [5.41, 5.74) is 0.919. The van der Waals surface area contributed by atoms with Crippen molar-refractivity contribution in [3.8, 4) is 0 Å². The molecular weight excluding hydrogens is 390 g/mol. The summed E-state index contributed by atoms with van der Waals surface area (Å²) in [6, 6.07) is 17.3. The first-order valence-electron chi connectivity index (χ1n) is 9.07. The lowest BCUT2D eigenvalue weighted by molar-refractivity contribution is 0.262. The van der Waals surface area contributed by atoms with Gasteiger partial charge in [-0.3, -0.25) is 9.88 Å². The van der Waals surface area contributed by atoms with E-state index >= 15 is 0 Å². The first-order valence-corrected chi connectivity index (χ1v) is 9.07. The van der Waals surface area contributed by atoms with E-state index in [0.717, 1.165) is 0 Å². The Kier molecular flexibility index (Phi) is 5.21. The molecule has 0 fully saturated rings. The summed E-state index contributed by atoms with van der Waals surface area (Å²) in [6.45, 7) is 0.0864. The molecule has 30 heavy (non-hydrogen) atoms. The van der Waals surface area contributed by atoms with E-state index in [1.54, 1.807) is 36.4 Å². The summed E-state index contributed by atoms with van der Waals surface area (Å²) in [5, 5.41) is 5.86. The molecule has 0 saturated carbocycles. The molecule has 3 aromatic carbocycles. The van der Waals surface area contributed by atoms with Crippen LogP contribution in [0.4, 0.5) is 25.1 Å². The fraction of sp³-hybridized carbons (Fsp3) is 0.0455. The summed E-state index contributed by atoms with van der Waals surface area (Å²) in [7, 11) is 0. The van der Waals surface area contributed by atoms with Crippen LogP contribution in [0.3, 0.4) is 0 Å². The molecule has 0 bridgehead atoms. The zero-order chi connectivity index (χ0) is 21.1. The number of urea groups is 1. The summed E-state index contributed by atoms with van der Waals surface area (Å²) in [4.78, 5) is 29.3. The van der Waals surface area contributed by atoms with Gasteiger partial charge in [0, 0.05) is 11.1 Å². The second kappa shape index (κ2) is 8.12. The van der Waals surface area contributed by atoms with Gasteiger partial charge in [0.25, 0.3) is 0 Å². The average molecular weight is 406 g/mol. The Morgan fingerprint density at radius 3 is 2.20 bits per heavy atom. The summed E-state index contributed by atoms with van der Waals surface area (Å²) >= 11 is 0. The lowest BCUT2D eigenvalue weighted by atomic mass is 10.2. The number of halogens is 2. The van der Waals surface area contributed by atoms with Gasteiger partial charge in [-0.25, -0.2) is 18.4 Å². The van der Waals surface area contributed by atoms with Crippen LogP contribution >= 0.6 is 0 Å². The van der Waals surface area contributed by atoms with Crippen LogP contribution in [0.15, 0.2) is 77.6 Å². The predicted octanol–water partition coefficient (Wildman–Crippen LogP) is 4.37. The molecule has 4 rings (SSSR count). The van der Waals surface area contributed by atoms with Crippen LogP contribution < -0.4 is 16.3 Å². The van der Waals surface area contributed by atoms with Gasteiger partial charge in [-0.15, -0.1) is 0 Å². The third-order valence-corrected chi connectivity index (χ3v) is 4.46. The smallest absolute Gasteiger partial charge is 0.308 e. The van der Waals surface area contributed by atoms with Crippen LogP contribution in [0, 0.1) is 11.6 Å². The molecular formula is C22H16F2N4O2. The monoisotopic (exact) mass is 406 g/mol. The van der Waals surface area contributed by atoms with Crippen LogP contribution in [0.5, 0.6) is 0 Å². The fourth-order valence-corrected chi connectivity index (χ4v) is 3.03. The fourth-order valence-electron chi connectivity index (χ4n) is 3.03. The largest absolute Gasteiger partial charge is 0.350 e. The molecule has 6 nitrogen and oxygen atoms in total. The highest BCUT2D eigenvalue weighted by Gasteiger charge is 2.15. The zero-order valence-corrected chi connectivity index (χ0v) is 15.6. The maximum atomic E-state index is 13.2. The number of carbonyl (C=O) groups is 1. The molecule has 150 valence electrons. The SMILES string of the molecule is O=C(Nc1ccc(F)cc1)Nc1c2ccccc2nc(=O)n1Cc1ccc(F)cc1. The molecule has 0 aliphatic rings. The maximum absolute atomic E-state index is 13.2. The van der Waals surface area contributed by atoms with Gasteiger partial charge < -0.3 is 5.32 Å². The van der Waals surface area contributed by atoms with Crippen LogP contribution in [-0.2, 0) is 6.54 Å². The molecule has 1 aromatic heterocycles. The van der Waals surface area contributed by atoms with Crippen molar-refractivity contribution in [2.24, 2.45) is 0 Å². The van der Waals surface area contributed by atoms with Gasteiger partial charge in [0.2, 0.25) is 0 Å². The lowest BCUT2D eigenvalue weighted by Gasteiger charge is -2.16. The van der Waals surface area contributed by atoms with E-state index in [4.69, 9.17) is 0 Å². The highest BCUT2D eigenvalue weighted by Crippen LogP contribution is 2.21. The number of amides is 2. The Morgan fingerprint density at radius 2 is 1.50 bits per heavy atom. The van der Waals surface area contributed by atoms with Crippen molar-refractivity contribution < 1.29 is 13.6 Å². The van der Waals surface area contributed by atoms with Gasteiger partial charge in [-0.2, -0.15) is 4.98 Å². The standard InChI is InChI=1S/C22H16F2N4O2/c23-15-7-5-14(6-8-15)13-28-20(18-3-1-2-4-19(18)26-22(28)30)27-21(29)25-17-11-9-16(24)10-12-17/h1-12H,13H2,(H2,25,27,29). The van der Waals surface area contributed by atoms with Crippen molar-refractivity contribution in [3.05, 3.63) is 100 Å². The summed E-state index contributed by atoms with van der Waals surface area (Å²) in [5.74, 6) is -0.566. The summed E-state index contributed by atoms with van der Waals surface area (Å²) < 4.78 is 27.6. The van der Waals surface area contributed by atoms with Crippen molar-refractivity contribution >= 4 is 28.4 Å². The Bertz CT molecular complexity index is 1270. The minimum Gasteiger partial charge on any atom is -0.308 e. The van der Waals surface area contributed by atoms with E-state index in [9.17, 15) is 18.4 Å². The molecule has 0 aliphatic carbocycles. The number of anilines is 2. The van der Waals surface area contributed by atoms with Crippen LogP contribution in [0.25, 0.3) is 10.9 Å². The molecule has 1 heterocycles. The number of carbonyl (C=O) groups excluding carboxylic acids is 1. The third kappa shape index (κ3) is 4.17. The first-order chi connectivity index (χ1) is 14.5. The van der Waals surface area contributed by atoms with Crippen LogP contribution in [0.2, 0.25) is 0 Å². The minimum absolute atomic E-state index is 0.0864. The number of hydrogen-bond donors (Lipinski definition) is 2. The predicted molar refractivity (Wildman–Crippen MR) is 111 cm³/mol. The first kappa shape index (κ1) is 19.3. The van der Waals surface area contributed by atoms with Gasteiger partial charge in [0.15, 0.2) is 0 Å². The number of benzene rings is 3. The Balaban J connectivity index is 1.72. The number of nitrogens with one attached hydrogen (secondary N) is 2. The van der Waals surface area contributed by atoms with Gasteiger partial charge in [0.1, 0.15) is 17.5 Å². The molecule has 0 aliphatic heterocycles. The number of nitrogens with zero attached hydrogens (tertiary/aromatic N) is 2. The molecule has 0 spiro atoms. The van der Waals surface area contributed by atoms with Crippen molar-refractivity contribution in [2.75, 3.05) is 10.6 Å². The summed E-state index contributed by atoms with van der Waals surface area (Å²) in [6.07, 6.45) is 0. The van der Waals surface area contributed by atoms with Gasteiger partial charge in [-0.05, 0) is 54.1 Å². The molecule has 2 amide bonds. The maximum Gasteiger partial charge on any atom is 0.350 e. The highest BCUT2D eigenvalue weighted by atomic mass is 19.1. The topological polar surface area (TPSA) is 76.0 Å². The number of para-hydroxylation sites is 1. The van der Waals surface area contributed by atoms with Crippen molar-refractivity contribution in [1.29, 1.82) is 0 Å². The van der Waals surface area contributed by atoms with Crippen LogP contribution in [-0.4, -0.2) is 15.6 Å². The van der Waals surface area contributed by atoms with E-state index in [1.807, 2.05) is 0 Å². The molecule has 8 heteroatoms. The van der Waals surface area contributed by atoms with E-state index in [2.05, 4.69) is 15.6 Å². The molecule has 0 unspecified atom stereocenters. The van der Waals surface area contributed by atoms with E-state index in [1.165, 1.54) is 41.0 Å². The molecule has 0 saturated heterocycles. The second-order valence-corrected chi connectivity index (χ2v) is 6.56. The number of rotatable bonds is 4. The minimum atomic E-state index is -0.606. The van der Waals surface area contributed by atoms with Crippen LogP contribution in [0.1, 0.15) is 5.56 Å². The Morgan fingerprint density at radius 1 is 0.867 bits per heavy atom. The zero-order valence-electron chi connectivity index (χ0n) is 15.6. The average Bonchev–Trinajstić information content (AvgIpc) is 2.73. The molecule has 2 N–H and O–H groups in total. The van der Waals surface area contributed by atoms with Gasteiger partial charge in [0.05, 0.1) is 12.1 Å². The third-order valence-electron chi connectivity index (χ3n) is 4.46.